The van der Waals surface area contributed by atoms with E-state index in [4.69, 9.17) is 18.9 Å². The van der Waals surface area contributed by atoms with Gasteiger partial charge < -0.3 is 23.8 Å². The van der Waals surface area contributed by atoms with Gasteiger partial charge in [0.05, 0.1) is 38.6 Å². The van der Waals surface area contributed by atoms with Crippen molar-refractivity contribution in [3.8, 4) is 35.1 Å². The van der Waals surface area contributed by atoms with Crippen LogP contribution in [-0.2, 0) is 13.1 Å². The maximum atomic E-state index is 10.3. The molecule has 0 saturated heterocycles. The molecule has 0 saturated carbocycles. The SMILES string of the molecule is CCCCCCCCOc1cc(CN(Cc2cc(OCCCCCCCC)cc(OCCCCCCCC)c2)/C(C#N)=C/C#N)cc(OCCCCCCCC)c1. The molecule has 0 radical (unpaired) electrons. The molecule has 0 aromatic heterocycles. The van der Waals surface area contributed by atoms with E-state index in [1.165, 1.54) is 109 Å². The third-order valence-electron chi connectivity index (χ3n) is 10.3. The second kappa shape index (κ2) is 34.2. The summed E-state index contributed by atoms with van der Waals surface area (Å²) in [7, 11) is 0. The Kier molecular flexibility index (Phi) is 29.6. The minimum absolute atomic E-state index is 0.304. The number of unbranched alkanes of at least 4 members (excludes halogenated alkanes) is 20. The summed E-state index contributed by atoms with van der Waals surface area (Å²) >= 11 is 0. The van der Waals surface area contributed by atoms with E-state index in [1.54, 1.807) is 0 Å². The molecule has 0 heterocycles. The van der Waals surface area contributed by atoms with Crippen molar-refractivity contribution < 1.29 is 18.9 Å². The maximum absolute atomic E-state index is 10.3. The maximum Gasteiger partial charge on any atom is 0.127 e. The van der Waals surface area contributed by atoms with Crippen molar-refractivity contribution in [3.63, 3.8) is 0 Å². The lowest BCUT2D eigenvalue weighted by atomic mass is 10.1. The van der Waals surface area contributed by atoms with Gasteiger partial charge in [-0.15, -0.1) is 0 Å². The van der Waals surface area contributed by atoms with E-state index in [-0.39, 0.29) is 0 Å². The van der Waals surface area contributed by atoms with E-state index < -0.39 is 0 Å². The molecule has 2 rings (SSSR count). The molecule has 7 heteroatoms. The average molecular weight is 786 g/mol. The van der Waals surface area contributed by atoms with Gasteiger partial charge in [0, 0.05) is 25.2 Å². The van der Waals surface area contributed by atoms with Crippen LogP contribution in [0.5, 0.6) is 23.0 Å². The average Bonchev–Trinajstić information content (AvgIpc) is 3.21. The number of hydrogen-bond donors (Lipinski definition) is 0. The second-order valence-electron chi connectivity index (χ2n) is 15.7. The van der Waals surface area contributed by atoms with Gasteiger partial charge in [-0.1, -0.05) is 156 Å². The molecule has 0 aliphatic carbocycles. The topological polar surface area (TPSA) is 87.7 Å². The molecule has 0 aliphatic rings. The first kappa shape index (κ1) is 49.3. The first-order valence-corrected chi connectivity index (χ1v) is 23.1. The predicted octanol–water partition coefficient (Wildman–Crippen LogP) is 14.6. The van der Waals surface area contributed by atoms with Crippen molar-refractivity contribution in [2.75, 3.05) is 26.4 Å². The van der Waals surface area contributed by atoms with Gasteiger partial charge in [0.15, 0.2) is 0 Å². The first-order chi connectivity index (χ1) is 28.1. The number of allylic oxidation sites excluding steroid dienone is 2. The van der Waals surface area contributed by atoms with E-state index >= 15 is 0 Å². The van der Waals surface area contributed by atoms with Gasteiger partial charge in [0.25, 0.3) is 0 Å². The highest BCUT2D eigenvalue weighted by atomic mass is 16.5. The number of nitrogens with zero attached hydrogens (tertiary/aromatic N) is 3. The third kappa shape index (κ3) is 24.5. The Labute approximate surface area is 349 Å². The Morgan fingerprint density at radius 2 is 0.719 bits per heavy atom. The number of benzene rings is 2. The van der Waals surface area contributed by atoms with E-state index in [2.05, 4.69) is 64.1 Å². The summed E-state index contributed by atoms with van der Waals surface area (Å²) in [5.41, 5.74) is 2.23. The lowest BCUT2D eigenvalue weighted by Gasteiger charge is -2.25. The summed E-state index contributed by atoms with van der Waals surface area (Å²) < 4.78 is 25.3. The zero-order valence-corrected chi connectivity index (χ0v) is 36.7. The van der Waals surface area contributed by atoms with Gasteiger partial charge in [-0.2, -0.15) is 10.5 Å². The van der Waals surface area contributed by atoms with Crippen molar-refractivity contribution in [1.29, 1.82) is 10.5 Å². The van der Waals surface area contributed by atoms with Crippen molar-refractivity contribution in [3.05, 3.63) is 59.3 Å². The molecule has 0 aliphatic heterocycles. The Balaban J connectivity index is 2.30. The van der Waals surface area contributed by atoms with Crippen molar-refractivity contribution in [2.45, 2.75) is 195 Å². The largest absolute Gasteiger partial charge is 0.493 e. The van der Waals surface area contributed by atoms with Crippen LogP contribution in [0.3, 0.4) is 0 Å². The molecule has 7 nitrogen and oxygen atoms in total. The molecule has 57 heavy (non-hydrogen) atoms. The van der Waals surface area contributed by atoms with Crippen LogP contribution in [0.1, 0.15) is 193 Å². The second-order valence-corrected chi connectivity index (χ2v) is 15.7. The minimum Gasteiger partial charge on any atom is -0.493 e. The van der Waals surface area contributed by atoms with E-state index in [9.17, 15) is 10.5 Å². The Morgan fingerprint density at radius 1 is 0.439 bits per heavy atom. The number of nitriles is 2. The van der Waals surface area contributed by atoms with Gasteiger partial charge in [-0.25, -0.2) is 0 Å². The fraction of sp³-hybridized carbons (Fsp3) is 0.680. The zero-order chi connectivity index (χ0) is 41.0. The smallest absolute Gasteiger partial charge is 0.127 e. The Morgan fingerprint density at radius 3 is 0.982 bits per heavy atom. The molecule has 0 unspecified atom stereocenters. The van der Waals surface area contributed by atoms with Crippen LogP contribution in [0.25, 0.3) is 0 Å². The molecular weight excluding hydrogens is 707 g/mol. The molecule has 0 atom stereocenters. The Hall–Kier alpha value is -3.84. The van der Waals surface area contributed by atoms with Gasteiger partial charge in [0.1, 0.15) is 34.8 Å². The Bertz CT molecular complexity index is 1250. The molecule has 0 amide bonds. The molecule has 0 spiro atoms. The van der Waals surface area contributed by atoms with E-state index in [0.29, 0.717) is 45.2 Å². The van der Waals surface area contributed by atoms with Gasteiger partial charge in [0.2, 0.25) is 0 Å². The highest BCUT2D eigenvalue weighted by Gasteiger charge is 2.16. The van der Waals surface area contributed by atoms with Crippen LogP contribution < -0.4 is 18.9 Å². The summed E-state index contributed by atoms with van der Waals surface area (Å²) in [6, 6.07) is 16.6. The summed E-state index contributed by atoms with van der Waals surface area (Å²) in [5, 5.41) is 20.0. The summed E-state index contributed by atoms with van der Waals surface area (Å²) in [6.07, 6.45) is 30.2. The molecule has 0 N–H and O–H groups in total. The van der Waals surface area contributed by atoms with Crippen LogP contribution in [0, 0.1) is 22.7 Å². The van der Waals surface area contributed by atoms with Crippen molar-refractivity contribution in [2.24, 2.45) is 0 Å². The normalized spacial score (nSPS) is 11.2. The van der Waals surface area contributed by atoms with Gasteiger partial charge in [-0.05, 0) is 61.1 Å². The molecule has 318 valence electrons. The fourth-order valence-corrected chi connectivity index (χ4v) is 6.99. The number of hydrogen-bond acceptors (Lipinski definition) is 7. The molecular formula is C50H79N3O4. The van der Waals surface area contributed by atoms with Crippen LogP contribution in [-0.4, -0.2) is 31.3 Å². The van der Waals surface area contributed by atoms with Crippen LogP contribution in [0.15, 0.2) is 48.2 Å². The standard InChI is InChI=1S/C50H79N3O4/c1-5-9-13-17-21-25-31-54-47-35-44(36-48(39-47)55-32-26-22-18-14-10-6-2)42-53(46(41-52)29-30-51)43-45-37-49(56-33-27-23-19-15-11-7-3)40-50(38-45)57-34-28-24-20-16-12-8-4/h29,35-40H,5-28,31-34,42-43H2,1-4H3/b46-29+. The van der Waals surface area contributed by atoms with Crippen LogP contribution in [0.2, 0.25) is 0 Å². The van der Waals surface area contributed by atoms with Crippen LogP contribution >= 0.6 is 0 Å². The van der Waals surface area contributed by atoms with E-state index in [1.807, 2.05) is 17.0 Å². The summed E-state index contributed by atoms with van der Waals surface area (Å²) in [4.78, 5) is 1.96. The van der Waals surface area contributed by atoms with Crippen molar-refractivity contribution >= 4 is 0 Å². The monoisotopic (exact) mass is 786 g/mol. The van der Waals surface area contributed by atoms with Crippen LogP contribution in [0.4, 0.5) is 0 Å². The first-order valence-electron chi connectivity index (χ1n) is 23.1. The zero-order valence-electron chi connectivity index (χ0n) is 36.7. The highest BCUT2D eigenvalue weighted by molar-refractivity contribution is 5.41. The van der Waals surface area contributed by atoms with Gasteiger partial charge in [-0.3, -0.25) is 0 Å². The number of ether oxygens (including phenoxy) is 4. The third-order valence-corrected chi connectivity index (χ3v) is 10.3. The molecule has 0 fully saturated rings. The highest BCUT2D eigenvalue weighted by Crippen LogP contribution is 2.29. The summed E-state index contributed by atoms with van der Waals surface area (Å²) in [5.74, 6) is 3.10. The lowest BCUT2D eigenvalue weighted by molar-refractivity contribution is 0.285. The summed E-state index contributed by atoms with van der Waals surface area (Å²) in [6.45, 7) is 12.4. The van der Waals surface area contributed by atoms with Gasteiger partial charge >= 0.3 is 0 Å². The van der Waals surface area contributed by atoms with E-state index in [0.717, 1.165) is 85.5 Å². The number of rotatable bonds is 37. The fourth-order valence-electron chi connectivity index (χ4n) is 6.99. The predicted molar refractivity (Wildman–Crippen MR) is 237 cm³/mol. The quantitative estimate of drug-likeness (QED) is 0.0498. The molecule has 2 aromatic carbocycles. The molecule has 2 aromatic rings. The lowest BCUT2D eigenvalue weighted by Crippen LogP contribution is -2.22. The van der Waals surface area contributed by atoms with Crippen molar-refractivity contribution in [1.82, 2.24) is 4.90 Å². The molecule has 0 bridgehead atoms. The minimum atomic E-state index is 0.304.